The van der Waals surface area contributed by atoms with Crippen LogP contribution in [-0.4, -0.2) is 43.2 Å². The van der Waals surface area contributed by atoms with Crippen molar-refractivity contribution < 1.29 is 9.53 Å². The summed E-state index contributed by atoms with van der Waals surface area (Å²) >= 11 is 0. The van der Waals surface area contributed by atoms with Gasteiger partial charge < -0.3 is 15.0 Å². The Bertz CT molecular complexity index is 710. The highest BCUT2D eigenvalue weighted by atomic mass is 16.5. The number of rotatable bonds is 4. The lowest BCUT2D eigenvalue weighted by molar-refractivity contribution is -0.131. The van der Waals surface area contributed by atoms with Crippen LogP contribution in [0, 0.1) is 5.41 Å². The molecule has 4 heteroatoms. The quantitative estimate of drug-likeness (QED) is 0.807. The lowest BCUT2D eigenvalue weighted by Crippen LogP contribution is -2.47. The SMILES string of the molecule is CC(C)(C)CCN1CCC2(CC[C@H](NC(=O)C3CCCO3)c3ccccc32)CC1. The summed E-state index contributed by atoms with van der Waals surface area (Å²) in [6.07, 6.45) is 7.55. The van der Waals surface area contributed by atoms with Gasteiger partial charge in [0.15, 0.2) is 0 Å². The molecule has 4 nitrogen and oxygen atoms in total. The van der Waals surface area contributed by atoms with E-state index < -0.39 is 0 Å². The van der Waals surface area contributed by atoms with Crippen LogP contribution in [0.25, 0.3) is 0 Å². The molecule has 0 bridgehead atoms. The molecule has 2 heterocycles. The number of piperidine rings is 1. The fourth-order valence-corrected chi connectivity index (χ4v) is 5.41. The predicted molar refractivity (Wildman–Crippen MR) is 117 cm³/mol. The van der Waals surface area contributed by atoms with Crippen LogP contribution in [0.3, 0.4) is 0 Å². The number of fused-ring (bicyclic) bond motifs is 2. The standard InChI is InChI=1S/C25H38N2O2/c1-24(2,3)12-15-27-16-13-25(14-17-27)11-10-21(19-7-4-5-8-20(19)25)26-23(28)22-9-6-18-29-22/h4-5,7-8,21-22H,6,9-18H2,1-3H3,(H,26,28)/t21-,22?/m0/s1. The van der Waals surface area contributed by atoms with E-state index in [0.717, 1.165) is 19.3 Å². The maximum absolute atomic E-state index is 12.6. The number of carbonyl (C=O) groups excluding carboxylic acids is 1. The molecule has 1 aliphatic carbocycles. The van der Waals surface area contributed by atoms with Crippen LogP contribution >= 0.6 is 0 Å². The van der Waals surface area contributed by atoms with Gasteiger partial charge in [0.2, 0.25) is 5.91 Å². The molecule has 1 aromatic carbocycles. The van der Waals surface area contributed by atoms with Crippen molar-refractivity contribution >= 4 is 5.91 Å². The molecule has 3 aliphatic rings. The number of carbonyl (C=O) groups is 1. The third-order valence-corrected chi connectivity index (χ3v) is 7.35. The van der Waals surface area contributed by atoms with Crippen LogP contribution < -0.4 is 5.32 Å². The van der Waals surface area contributed by atoms with E-state index in [1.807, 2.05) is 0 Å². The number of likely N-dealkylation sites (tertiary alicyclic amines) is 1. The van der Waals surface area contributed by atoms with Crippen molar-refractivity contribution in [3.8, 4) is 0 Å². The molecule has 1 spiro atoms. The molecule has 4 rings (SSSR count). The van der Waals surface area contributed by atoms with Crippen LogP contribution in [0.15, 0.2) is 24.3 Å². The van der Waals surface area contributed by atoms with E-state index in [1.54, 1.807) is 0 Å². The van der Waals surface area contributed by atoms with E-state index >= 15 is 0 Å². The van der Waals surface area contributed by atoms with Gasteiger partial charge in [-0.3, -0.25) is 4.79 Å². The zero-order valence-electron chi connectivity index (χ0n) is 18.5. The molecule has 2 saturated heterocycles. The molecule has 2 fully saturated rings. The van der Waals surface area contributed by atoms with E-state index in [-0.39, 0.29) is 18.1 Å². The van der Waals surface area contributed by atoms with E-state index in [1.165, 1.54) is 56.4 Å². The molecule has 1 N–H and O–H groups in total. The molecular weight excluding hydrogens is 360 g/mol. The first-order valence-corrected chi connectivity index (χ1v) is 11.6. The molecule has 160 valence electrons. The summed E-state index contributed by atoms with van der Waals surface area (Å²) < 4.78 is 5.60. The van der Waals surface area contributed by atoms with E-state index in [9.17, 15) is 4.79 Å². The predicted octanol–water partition coefficient (Wildman–Crippen LogP) is 4.59. The first-order chi connectivity index (χ1) is 13.9. The molecule has 1 amide bonds. The molecule has 0 aromatic heterocycles. The molecule has 1 aromatic rings. The molecule has 29 heavy (non-hydrogen) atoms. The van der Waals surface area contributed by atoms with Crippen LogP contribution in [0.2, 0.25) is 0 Å². The fraction of sp³-hybridized carbons (Fsp3) is 0.720. The number of nitrogens with zero attached hydrogens (tertiary/aromatic N) is 1. The molecule has 2 aliphatic heterocycles. The Morgan fingerprint density at radius 3 is 2.62 bits per heavy atom. The van der Waals surface area contributed by atoms with Gasteiger partial charge in [-0.25, -0.2) is 0 Å². The number of hydrogen-bond donors (Lipinski definition) is 1. The van der Waals surface area contributed by atoms with E-state index in [4.69, 9.17) is 4.74 Å². The monoisotopic (exact) mass is 398 g/mol. The molecule has 0 radical (unpaired) electrons. The smallest absolute Gasteiger partial charge is 0.249 e. The Labute approximate surface area is 176 Å². The van der Waals surface area contributed by atoms with Gasteiger partial charge in [0, 0.05) is 6.61 Å². The van der Waals surface area contributed by atoms with Crippen molar-refractivity contribution in [2.24, 2.45) is 5.41 Å². The summed E-state index contributed by atoms with van der Waals surface area (Å²) in [7, 11) is 0. The average Bonchev–Trinajstić information content (AvgIpc) is 3.24. The van der Waals surface area contributed by atoms with Gasteiger partial charge in [-0.1, -0.05) is 45.0 Å². The lowest BCUT2D eigenvalue weighted by atomic mass is 9.63. The number of benzene rings is 1. The van der Waals surface area contributed by atoms with Crippen molar-refractivity contribution in [3.05, 3.63) is 35.4 Å². The minimum Gasteiger partial charge on any atom is -0.368 e. The summed E-state index contributed by atoms with van der Waals surface area (Å²) in [5.41, 5.74) is 3.52. The van der Waals surface area contributed by atoms with Gasteiger partial charge in [-0.05, 0) is 86.5 Å². The van der Waals surface area contributed by atoms with Gasteiger partial charge in [0.1, 0.15) is 6.10 Å². The minimum atomic E-state index is -0.246. The highest BCUT2D eigenvalue weighted by molar-refractivity contribution is 5.81. The molecule has 2 atom stereocenters. The third-order valence-electron chi connectivity index (χ3n) is 7.35. The average molecular weight is 399 g/mol. The second-order valence-electron chi connectivity index (χ2n) is 10.6. The van der Waals surface area contributed by atoms with Crippen LogP contribution in [0.1, 0.15) is 82.9 Å². The maximum Gasteiger partial charge on any atom is 0.249 e. The molecule has 1 unspecified atom stereocenters. The Morgan fingerprint density at radius 2 is 1.93 bits per heavy atom. The van der Waals surface area contributed by atoms with Crippen LogP contribution in [-0.2, 0) is 14.9 Å². The van der Waals surface area contributed by atoms with Gasteiger partial charge >= 0.3 is 0 Å². The van der Waals surface area contributed by atoms with Crippen molar-refractivity contribution in [2.75, 3.05) is 26.2 Å². The van der Waals surface area contributed by atoms with Crippen molar-refractivity contribution in [2.45, 2.75) is 83.3 Å². The Kier molecular flexibility index (Phi) is 6.04. The summed E-state index contributed by atoms with van der Waals surface area (Å²) in [6, 6.07) is 9.00. The highest BCUT2D eigenvalue weighted by Crippen LogP contribution is 2.48. The van der Waals surface area contributed by atoms with Gasteiger partial charge in [0.25, 0.3) is 0 Å². The first kappa shape index (κ1) is 20.9. The maximum atomic E-state index is 12.6. The first-order valence-electron chi connectivity index (χ1n) is 11.6. The Hall–Kier alpha value is -1.39. The number of ether oxygens (including phenoxy) is 1. The summed E-state index contributed by atoms with van der Waals surface area (Å²) in [5.74, 6) is 0.0789. The van der Waals surface area contributed by atoms with Crippen molar-refractivity contribution in [1.82, 2.24) is 10.2 Å². The van der Waals surface area contributed by atoms with Crippen LogP contribution in [0.5, 0.6) is 0 Å². The zero-order chi connectivity index (χ0) is 20.5. The Morgan fingerprint density at radius 1 is 1.17 bits per heavy atom. The lowest BCUT2D eigenvalue weighted by Gasteiger charge is -2.47. The number of nitrogens with one attached hydrogen (secondary N) is 1. The van der Waals surface area contributed by atoms with Crippen LogP contribution in [0.4, 0.5) is 0 Å². The van der Waals surface area contributed by atoms with Gasteiger partial charge in [0.05, 0.1) is 6.04 Å². The second-order valence-corrected chi connectivity index (χ2v) is 10.6. The topological polar surface area (TPSA) is 41.6 Å². The van der Waals surface area contributed by atoms with E-state index in [0.29, 0.717) is 17.4 Å². The third kappa shape index (κ3) is 4.69. The summed E-state index contributed by atoms with van der Waals surface area (Å²) in [5, 5.41) is 3.31. The minimum absolute atomic E-state index is 0.0789. The number of hydrogen-bond acceptors (Lipinski definition) is 3. The fourth-order valence-electron chi connectivity index (χ4n) is 5.41. The zero-order valence-corrected chi connectivity index (χ0v) is 18.5. The largest absolute Gasteiger partial charge is 0.368 e. The number of amides is 1. The van der Waals surface area contributed by atoms with Crippen molar-refractivity contribution in [1.29, 1.82) is 0 Å². The normalized spacial score (nSPS) is 27.0. The Balaban J connectivity index is 1.44. The molecule has 0 saturated carbocycles. The second kappa shape index (κ2) is 8.39. The summed E-state index contributed by atoms with van der Waals surface area (Å²) in [4.78, 5) is 15.3. The van der Waals surface area contributed by atoms with Gasteiger partial charge in [-0.2, -0.15) is 0 Å². The van der Waals surface area contributed by atoms with E-state index in [2.05, 4.69) is 55.3 Å². The molecular formula is C25H38N2O2. The summed E-state index contributed by atoms with van der Waals surface area (Å²) in [6.45, 7) is 11.3. The van der Waals surface area contributed by atoms with Crippen molar-refractivity contribution in [3.63, 3.8) is 0 Å². The van der Waals surface area contributed by atoms with Gasteiger partial charge in [-0.15, -0.1) is 0 Å². The highest BCUT2D eigenvalue weighted by Gasteiger charge is 2.42.